The number of benzene rings is 1. The van der Waals surface area contributed by atoms with E-state index in [0.717, 1.165) is 18.4 Å². The van der Waals surface area contributed by atoms with E-state index in [0.29, 0.717) is 25.1 Å². The molecule has 4 N–H and O–H groups in total. The van der Waals surface area contributed by atoms with Crippen molar-refractivity contribution in [1.29, 1.82) is 0 Å². The van der Waals surface area contributed by atoms with Crippen molar-refractivity contribution < 1.29 is 28.7 Å². The molecular formula is C40H69N9O6. The second kappa shape index (κ2) is 22.6. The lowest BCUT2D eigenvalue weighted by molar-refractivity contribution is -0.148. The largest absolute Gasteiger partial charge is 0.399 e. The van der Waals surface area contributed by atoms with Gasteiger partial charge in [-0.05, 0) is 74.3 Å². The average molecular weight is 772 g/mol. The number of likely N-dealkylation sites (tertiary alicyclic amines) is 1. The maximum Gasteiger partial charge on any atom is 0.245 e. The summed E-state index contributed by atoms with van der Waals surface area (Å²) in [6.45, 7) is 14.2. The van der Waals surface area contributed by atoms with Gasteiger partial charge in [-0.15, -0.1) is 0 Å². The summed E-state index contributed by atoms with van der Waals surface area (Å²) in [6.07, 6.45) is 1.34. The number of hydrogen-bond donors (Lipinski definition) is 3. The van der Waals surface area contributed by atoms with Gasteiger partial charge in [-0.2, -0.15) is 0 Å². The number of hydrogen-bond acceptors (Lipinski definition) is 9. The van der Waals surface area contributed by atoms with Gasteiger partial charge < -0.3 is 35.6 Å². The van der Waals surface area contributed by atoms with E-state index in [2.05, 4.69) is 20.7 Å². The number of methoxy groups -OCH3 is 2. The Morgan fingerprint density at radius 3 is 2.13 bits per heavy atom. The van der Waals surface area contributed by atoms with Crippen LogP contribution in [0, 0.1) is 23.7 Å². The van der Waals surface area contributed by atoms with Crippen molar-refractivity contribution >= 4 is 29.3 Å². The van der Waals surface area contributed by atoms with E-state index in [-0.39, 0.29) is 60.4 Å². The third-order valence-corrected chi connectivity index (χ3v) is 11.1. The van der Waals surface area contributed by atoms with Crippen LogP contribution in [0.5, 0.6) is 0 Å². The number of anilines is 1. The normalized spacial score (nSPS) is 18.8. The molecule has 1 heterocycles. The van der Waals surface area contributed by atoms with Crippen molar-refractivity contribution in [2.75, 3.05) is 54.2 Å². The zero-order valence-electron chi connectivity index (χ0n) is 35.3. The van der Waals surface area contributed by atoms with Crippen LogP contribution in [0.15, 0.2) is 29.4 Å². The Kier molecular flexibility index (Phi) is 19.4. The van der Waals surface area contributed by atoms with Crippen molar-refractivity contribution in [2.45, 2.75) is 123 Å². The van der Waals surface area contributed by atoms with E-state index in [1.54, 1.807) is 50.1 Å². The van der Waals surface area contributed by atoms with Crippen molar-refractivity contribution in [3.63, 3.8) is 0 Å². The second-order valence-electron chi connectivity index (χ2n) is 16.0. The average Bonchev–Trinajstić information content (AvgIpc) is 3.62. The van der Waals surface area contributed by atoms with Gasteiger partial charge >= 0.3 is 0 Å². The standard InChI is InChI=1S/C40H69N9O6/c1-13-26(6)36(48(10)40(53)34(24(2)3)45-39(52)35(25(4)5)47(8)9)32(54-11)22-33(50)49-20-14-15-31(49)37(55-12)27(7)38(51)44-30(23-43-46-42)21-28-16-18-29(41)19-17-28/h16-19,24-27,30-32,34-37H,13-15,20-23,41H2,1-12H3,(H,44,51)(H,45,52)/t26-,27+,30-,31?,32+,34-,35-,36-,37+/m0/s1. The van der Waals surface area contributed by atoms with Gasteiger partial charge in [-0.3, -0.25) is 24.1 Å². The Morgan fingerprint density at radius 1 is 0.982 bits per heavy atom. The summed E-state index contributed by atoms with van der Waals surface area (Å²) in [5, 5.41) is 9.79. The molecular weight excluding hydrogens is 702 g/mol. The molecule has 310 valence electrons. The summed E-state index contributed by atoms with van der Waals surface area (Å²) >= 11 is 0. The molecule has 0 aliphatic carbocycles. The van der Waals surface area contributed by atoms with Crippen LogP contribution >= 0.6 is 0 Å². The molecule has 1 unspecified atom stereocenters. The number of amides is 4. The first-order valence-electron chi connectivity index (χ1n) is 19.7. The highest BCUT2D eigenvalue weighted by Crippen LogP contribution is 2.30. The molecule has 1 fully saturated rings. The second-order valence-corrected chi connectivity index (χ2v) is 16.0. The van der Waals surface area contributed by atoms with Crippen molar-refractivity contribution in [2.24, 2.45) is 28.8 Å². The lowest BCUT2D eigenvalue weighted by atomic mass is 9.89. The molecule has 0 bridgehead atoms. The molecule has 15 nitrogen and oxygen atoms in total. The third-order valence-electron chi connectivity index (χ3n) is 11.1. The number of nitrogens with two attached hydrogens (primary N) is 1. The van der Waals surface area contributed by atoms with E-state index in [1.807, 2.05) is 72.7 Å². The summed E-state index contributed by atoms with van der Waals surface area (Å²) in [5.41, 5.74) is 16.4. The number of carbonyl (C=O) groups is 4. The van der Waals surface area contributed by atoms with Crippen molar-refractivity contribution in [3.05, 3.63) is 40.3 Å². The van der Waals surface area contributed by atoms with E-state index in [9.17, 15) is 19.2 Å². The Morgan fingerprint density at radius 2 is 1.62 bits per heavy atom. The SMILES string of the molecule is CC[C@H](C)[C@@H]([C@@H](CC(=O)N1CCCC1[C@H](OC)[C@@H](C)C(=O)N[C@H](CN=[N+]=[N-])Cc1ccc(N)cc1)OC)N(C)C(=O)[C@@H](NC(=O)[C@H](C(C)C)N(C)C)C(C)C. The van der Waals surface area contributed by atoms with E-state index in [1.165, 1.54) is 0 Å². The molecule has 15 heteroatoms. The van der Waals surface area contributed by atoms with Crippen LogP contribution in [0.1, 0.15) is 79.7 Å². The number of nitrogens with zero attached hydrogens (tertiary/aromatic N) is 6. The highest BCUT2D eigenvalue weighted by atomic mass is 16.5. The molecule has 1 saturated heterocycles. The van der Waals surface area contributed by atoms with Crippen molar-refractivity contribution in [1.82, 2.24) is 25.3 Å². The van der Waals surface area contributed by atoms with Gasteiger partial charge in [0, 0.05) is 51.0 Å². The molecule has 0 spiro atoms. The summed E-state index contributed by atoms with van der Waals surface area (Å²) in [7, 11) is 8.53. The predicted molar refractivity (Wildman–Crippen MR) is 216 cm³/mol. The lowest BCUT2D eigenvalue weighted by Crippen LogP contribution is -2.59. The number of ether oxygens (including phenoxy) is 2. The monoisotopic (exact) mass is 772 g/mol. The third kappa shape index (κ3) is 13.1. The molecule has 2 rings (SSSR count). The van der Waals surface area contributed by atoms with Gasteiger partial charge in [0.2, 0.25) is 23.6 Å². The zero-order chi connectivity index (χ0) is 41.6. The first-order valence-corrected chi connectivity index (χ1v) is 19.7. The Balaban J connectivity index is 2.28. The molecule has 4 amide bonds. The number of nitrogen functional groups attached to an aromatic ring is 1. The molecule has 0 radical (unpaired) electrons. The van der Waals surface area contributed by atoms with Crippen LogP contribution in [0.2, 0.25) is 0 Å². The molecule has 0 saturated carbocycles. The molecule has 1 aromatic rings. The first-order chi connectivity index (χ1) is 25.9. The van der Waals surface area contributed by atoms with E-state index < -0.39 is 42.3 Å². The predicted octanol–water partition coefficient (Wildman–Crippen LogP) is 4.25. The van der Waals surface area contributed by atoms with Crippen LogP contribution < -0.4 is 16.4 Å². The van der Waals surface area contributed by atoms with Gasteiger partial charge in [0.1, 0.15) is 6.04 Å². The smallest absolute Gasteiger partial charge is 0.245 e. The Labute approximate surface area is 329 Å². The van der Waals surface area contributed by atoms with Gasteiger partial charge in [0.05, 0.1) is 42.7 Å². The maximum atomic E-state index is 14.2. The van der Waals surface area contributed by atoms with Gasteiger partial charge in [-0.1, -0.05) is 72.1 Å². The fraction of sp³-hybridized carbons (Fsp3) is 0.750. The van der Waals surface area contributed by atoms with Crippen molar-refractivity contribution in [3.8, 4) is 0 Å². The minimum absolute atomic E-state index is 0.0151. The molecule has 1 aliphatic rings. The molecule has 0 aromatic heterocycles. The van der Waals surface area contributed by atoms with Gasteiger partial charge in [0.25, 0.3) is 0 Å². The summed E-state index contributed by atoms with van der Waals surface area (Å²) in [5.74, 6) is -1.68. The lowest BCUT2D eigenvalue weighted by Gasteiger charge is -2.41. The minimum atomic E-state index is -0.769. The first kappa shape index (κ1) is 47.2. The Hall–Kier alpha value is -3.91. The number of carbonyl (C=O) groups excluding carboxylic acids is 4. The number of azide groups is 1. The van der Waals surface area contributed by atoms with E-state index in [4.69, 9.17) is 20.7 Å². The zero-order valence-corrected chi connectivity index (χ0v) is 35.3. The van der Waals surface area contributed by atoms with Gasteiger partial charge in [-0.25, -0.2) is 0 Å². The minimum Gasteiger partial charge on any atom is -0.399 e. The van der Waals surface area contributed by atoms with Crippen LogP contribution in [-0.4, -0.2) is 129 Å². The van der Waals surface area contributed by atoms with Crippen LogP contribution in [0.3, 0.4) is 0 Å². The number of rotatable bonds is 22. The van der Waals surface area contributed by atoms with Gasteiger partial charge in [0.15, 0.2) is 0 Å². The van der Waals surface area contributed by atoms with Crippen LogP contribution in [0.4, 0.5) is 5.69 Å². The van der Waals surface area contributed by atoms with Crippen LogP contribution in [-0.2, 0) is 35.1 Å². The maximum absolute atomic E-state index is 14.2. The fourth-order valence-electron chi connectivity index (χ4n) is 7.98. The number of likely N-dealkylation sites (N-methyl/N-ethyl adjacent to an activating group) is 2. The summed E-state index contributed by atoms with van der Waals surface area (Å²) in [6, 6.07) is 4.85. The summed E-state index contributed by atoms with van der Waals surface area (Å²) in [4.78, 5) is 63.8. The summed E-state index contributed by atoms with van der Waals surface area (Å²) < 4.78 is 12.0. The quantitative estimate of drug-likeness (QED) is 0.0674. The van der Waals surface area contributed by atoms with E-state index >= 15 is 0 Å². The Bertz CT molecular complexity index is 1430. The topological polar surface area (TPSA) is 195 Å². The fourth-order valence-corrected chi connectivity index (χ4v) is 7.98. The molecule has 1 aromatic carbocycles. The highest BCUT2D eigenvalue weighted by molar-refractivity contribution is 5.90. The van der Waals surface area contributed by atoms with Crippen LogP contribution in [0.25, 0.3) is 10.4 Å². The molecule has 1 aliphatic heterocycles. The molecule has 9 atom stereocenters. The highest BCUT2D eigenvalue weighted by Gasteiger charge is 2.43. The molecule has 55 heavy (non-hydrogen) atoms. The number of nitrogens with one attached hydrogen (secondary N) is 2.